The zero-order valence-electron chi connectivity index (χ0n) is 19.8. The van der Waals surface area contributed by atoms with Gasteiger partial charge in [0, 0.05) is 43.4 Å². The molecule has 2 atom stereocenters. The normalized spacial score (nSPS) is 18.1. The van der Waals surface area contributed by atoms with Crippen molar-refractivity contribution in [1.29, 1.82) is 0 Å². The molecular formula is C24H24ClFN6O4. The molecule has 1 fully saturated rings. The summed E-state index contributed by atoms with van der Waals surface area (Å²) in [5, 5.41) is 17.3. The summed E-state index contributed by atoms with van der Waals surface area (Å²) in [6.45, 7) is 1.87. The number of hydrogen-bond donors (Lipinski definition) is 2. The second-order valence-electron chi connectivity index (χ2n) is 8.88. The highest BCUT2D eigenvalue weighted by Gasteiger charge is 2.32. The standard InChI is InChI=1S/C24H24ClFN6O4/c1-12-19(17-6-13-4-5-27-22(25)21(13)30(17)2)29-32-9-14(7-18(36-3)20(12)32)23(33)31-10-15(26)8-16(11-31)28-24(34)35/h4-7,9,15-16,28H,8,10-11H2,1-3H3,(H,34,35)/t15-,16-/m1/s1. The predicted octanol–water partition coefficient (Wildman–Crippen LogP) is 3.68. The van der Waals surface area contributed by atoms with Crippen LogP contribution in [0.15, 0.2) is 30.6 Å². The highest BCUT2D eigenvalue weighted by atomic mass is 35.5. The number of fused-ring (bicyclic) bond motifs is 2. The van der Waals surface area contributed by atoms with E-state index in [1.165, 1.54) is 12.0 Å². The van der Waals surface area contributed by atoms with E-state index in [-0.39, 0.29) is 25.1 Å². The number of ether oxygens (including phenoxy) is 1. The van der Waals surface area contributed by atoms with Crippen molar-refractivity contribution >= 4 is 40.0 Å². The van der Waals surface area contributed by atoms with Gasteiger partial charge in [-0.15, -0.1) is 0 Å². The molecular weight excluding hydrogens is 491 g/mol. The maximum Gasteiger partial charge on any atom is 0.404 e. The highest BCUT2D eigenvalue weighted by Crippen LogP contribution is 2.35. The fourth-order valence-corrected chi connectivity index (χ4v) is 5.24. The molecule has 1 saturated heterocycles. The monoisotopic (exact) mass is 514 g/mol. The number of carbonyl (C=O) groups excluding carboxylic acids is 1. The molecule has 2 N–H and O–H groups in total. The minimum Gasteiger partial charge on any atom is -0.494 e. The van der Waals surface area contributed by atoms with Gasteiger partial charge in [-0.05, 0) is 25.1 Å². The van der Waals surface area contributed by atoms with E-state index in [0.29, 0.717) is 22.1 Å². The number of nitrogens with zero attached hydrogens (tertiary/aromatic N) is 5. The number of pyridine rings is 2. The molecule has 5 rings (SSSR count). The van der Waals surface area contributed by atoms with Crippen LogP contribution in [0.1, 0.15) is 22.3 Å². The molecule has 12 heteroatoms. The van der Waals surface area contributed by atoms with Gasteiger partial charge in [0.25, 0.3) is 5.91 Å². The Hall–Kier alpha value is -3.86. The van der Waals surface area contributed by atoms with Crippen LogP contribution in [0.25, 0.3) is 27.8 Å². The van der Waals surface area contributed by atoms with E-state index in [1.807, 2.05) is 30.7 Å². The summed E-state index contributed by atoms with van der Waals surface area (Å²) >= 11 is 6.32. The Morgan fingerprint density at radius 3 is 2.75 bits per heavy atom. The molecule has 0 spiro atoms. The number of piperidine rings is 1. The molecule has 188 valence electrons. The minimum atomic E-state index is -1.34. The molecule has 1 aliphatic heterocycles. The highest BCUT2D eigenvalue weighted by molar-refractivity contribution is 6.34. The van der Waals surface area contributed by atoms with E-state index in [2.05, 4.69) is 10.3 Å². The summed E-state index contributed by atoms with van der Waals surface area (Å²) in [5.41, 5.74) is 4.05. The van der Waals surface area contributed by atoms with Crippen LogP contribution in [0.3, 0.4) is 0 Å². The predicted molar refractivity (Wildman–Crippen MR) is 132 cm³/mol. The van der Waals surface area contributed by atoms with Crippen molar-refractivity contribution in [2.45, 2.75) is 25.6 Å². The van der Waals surface area contributed by atoms with E-state index in [9.17, 15) is 14.0 Å². The largest absolute Gasteiger partial charge is 0.494 e. The average Bonchev–Trinajstić information content (AvgIpc) is 3.34. The van der Waals surface area contributed by atoms with Crippen molar-refractivity contribution in [2.75, 3.05) is 20.2 Å². The molecule has 0 radical (unpaired) electrons. The third-order valence-electron chi connectivity index (χ3n) is 6.55. The first-order chi connectivity index (χ1) is 17.2. The van der Waals surface area contributed by atoms with Gasteiger partial charge in [-0.1, -0.05) is 11.6 Å². The number of carbonyl (C=O) groups is 2. The maximum absolute atomic E-state index is 14.3. The summed E-state index contributed by atoms with van der Waals surface area (Å²) < 4.78 is 23.4. The molecule has 0 aromatic carbocycles. The lowest BCUT2D eigenvalue weighted by Gasteiger charge is -2.34. The Bertz CT molecular complexity index is 1520. The molecule has 36 heavy (non-hydrogen) atoms. The third kappa shape index (κ3) is 3.98. The van der Waals surface area contributed by atoms with Crippen LogP contribution < -0.4 is 10.1 Å². The SMILES string of the molecule is COc1cc(C(=O)N2C[C@H](F)C[C@@H](NC(=O)O)C2)cn2nc(-c3cc4ccnc(Cl)c4n3C)c(C)c12. The van der Waals surface area contributed by atoms with Gasteiger partial charge >= 0.3 is 6.09 Å². The Labute approximate surface area is 210 Å². The number of carboxylic acid groups (broad SMARTS) is 1. The molecule has 0 bridgehead atoms. The topological polar surface area (TPSA) is 114 Å². The van der Waals surface area contributed by atoms with E-state index in [0.717, 1.165) is 22.2 Å². The van der Waals surface area contributed by atoms with Crippen LogP contribution >= 0.6 is 11.6 Å². The quantitative estimate of drug-likeness (QED) is 0.402. The number of nitrogens with one attached hydrogen (secondary N) is 1. The molecule has 2 amide bonds. The molecule has 4 aromatic rings. The fourth-order valence-electron chi connectivity index (χ4n) is 4.95. The summed E-state index contributed by atoms with van der Waals surface area (Å²) in [7, 11) is 3.38. The number of amides is 2. The summed E-state index contributed by atoms with van der Waals surface area (Å²) in [4.78, 5) is 29.8. The molecule has 4 aromatic heterocycles. The number of aryl methyl sites for hydroxylation is 2. The molecule has 0 unspecified atom stereocenters. The second kappa shape index (κ2) is 8.98. The second-order valence-corrected chi connectivity index (χ2v) is 9.24. The Morgan fingerprint density at radius 1 is 1.28 bits per heavy atom. The van der Waals surface area contributed by atoms with Gasteiger partial charge in [0.05, 0.1) is 36.5 Å². The van der Waals surface area contributed by atoms with Crippen LogP contribution in [0.5, 0.6) is 5.75 Å². The Morgan fingerprint density at radius 2 is 2.06 bits per heavy atom. The van der Waals surface area contributed by atoms with Crippen molar-refractivity contribution < 1.29 is 23.8 Å². The van der Waals surface area contributed by atoms with Gasteiger partial charge in [0.2, 0.25) is 0 Å². The molecule has 10 nitrogen and oxygen atoms in total. The van der Waals surface area contributed by atoms with E-state index >= 15 is 0 Å². The number of alkyl halides is 1. The Balaban J connectivity index is 1.57. The number of rotatable bonds is 4. The van der Waals surface area contributed by atoms with E-state index in [1.54, 1.807) is 23.0 Å². The summed E-state index contributed by atoms with van der Waals surface area (Å²) in [6, 6.07) is 4.75. The van der Waals surface area contributed by atoms with Gasteiger partial charge in [0.1, 0.15) is 23.1 Å². The van der Waals surface area contributed by atoms with Gasteiger partial charge in [-0.3, -0.25) is 4.79 Å². The minimum absolute atomic E-state index is 0.0186. The van der Waals surface area contributed by atoms with Crippen LogP contribution in [-0.2, 0) is 7.05 Å². The van der Waals surface area contributed by atoms with Crippen molar-refractivity contribution in [3.63, 3.8) is 0 Å². The number of aromatic nitrogens is 4. The van der Waals surface area contributed by atoms with Gasteiger partial charge in [-0.25, -0.2) is 18.7 Å². The van der Waals surface area contributed by atoms with Crippen molar-refractivity contribution in [3.8, 4) is 17.1 Å². The zero-order chi connectivity index (χ0) is 25.7. The molecule has 1 aliphatic rings. The fraction of sp³-hybridized carbons (Fsp3) is 0.333. The van der Waals surface area contributed by atoms with E-state index < -0.39 is 24.2 Å². The van der Waals surface area contributed by atoms with Gasteiger partial charge < -0.3 is 24.6 Å². The van der Waals surface area contributed by atoms with Crippen LogP contribution in [0.4, 0.5) is 9.18 Å². The van der Waals surface area contributed by atoms with Crippen LogP contribution in [0, 0.1) is 6.92 Å². The Kier molecular flexibility index (Phi) is 5.95. The molecule has 0 aliphatic carbocycles. The number of likely N-dealkylation sites (tertiary alicyclic amines) is 1. The molecule has 5 heterocycles. The smallest absolute Gasteiger partial charge is 0.404 e. The van der Waals surface area contributed by atoms with Gasteiger partial charge in [0.15, 0.2) is 5.15 Å². The van der Waals surface area contributed by atoms with Crippen LogP contribution in [-0.4, -0.2) is 73.6 Å². The first-order valence-electron chi connectivity index (χ1n) is 11.3. The van der Waals surface area contributed by atoms with Crippen molar-refractivity contribution in [3.05, 3.63) is 46.9 Å². The molecule has 0 saturated carbocycles. The lowest BCUT2D eigenvalue weighted by molar-refractivity contribution is 0.0577. The number of hydrogen-bond acceptors (Lipinski definition) is 5. The number of halogens is 2. The first kappa shape index (κ1) is 23.9. The average molecular weight is 515 g/mol. The maximum atomic E-state index is 14.3. The lowest BCUT2D eigenvalue weighted by atomic mass is 10.0. The zero-order valence-corrected chi connectivity index (χ0v) is 20.6. The third-order valence-corrected chi connectivity index (χ3v) is 6.83. The first-order valence-corrected chi connectivity index (χ1v) is 11.7. The lowest BCUT2D eigenvalue weighted by Crippen LogP contribution is -2.53. The van der Waals surface area contributed by atoms with Gasteiger partial charge in [-0.2, -0.15) is 5.10 Å². The summed E-state index contributed by atoms with van der Waals surface area (Å²) in [5.74, 6) is -0.00325. The summed E-state index contributed by atoms with van der Waals surface area (Å²) in [6.07, 6.45) is 0.650. The van der Waals surface area contributed by atoms with Crippen molar-refractivity contribution in [1.82, 2.24) is 29.4 Å². The number of methoxy groups -OCH3 is 1. The van der Waals surface area contributed by atoms with Crippen molar-refractivity contribution in [2.24, 2.45) is 7.05 Å². The van der Waals surface area contributed by atoms with Crippen LogP contribution in [0.2, 0.25) is 5.15 Å². The van der Waals surface area contributed by atoms with E-state index in [4.69, 9.17) is 26.5 Å².